The van der Waals surface area contributed by atoms with Crippen molar-refractivity contribution in [2.45, 2.75) is 31.6 Å². The molecule has 0 bridgehead atoms. The summed E-state index contributed by atoms with van der Waals surface area (Å²) in [4.78, 5) is 3.26. The first kappa shape index (κ1) is 17.1. The maximum absolute atomic E-state index is 13.7. The van der Waals surface area contributed by atoms with Crippen LogP contribution in [0.4, 0.5) is 10.1 Å². The number of halogens is 1. The number of sulfonamides is 1. The Morgan fingerprint density at radius 1 is 1.23 bits per heavy atom. The van der Waals surface area contributed by atoms with Crippen LogP contribution in [0.5, 0.6) is 0 Å². The summed E-state index contributed by atoms with van der Waals surface area (Å²) in [6.07, 6.45) is 5.77. The van der Waals surface area contributed by atoms with Crippen LogP contribution in [-0.2, 0) is 21.9 Å². The second-order valence-electron chi connectivity index (χ2n) is 7.04. The standard InChI is InChI=1S/C20H21FN2O2S/c1-3-20(10-9-13-11-14(21)7-8-16(13)20)17-12-22-19-15(17)5-4-6-18(19)23-26(2,24)25/h4-8,11-12,22-23H,3,9-10H2,1-2H3. The number of anilines is 1. The van der Waals surface area contributed by atoms with Gasteiger partial charge in [0.05, 0.1) is 17.5 Å². The molecule has 1 unspecified atom stereocenters. The van der Waals surface area contributed by atoms with E-state index in [9.17, 15) is 12.8 Å². The van der Waals surface area contributed by atoms with Gasteiger partial charge in [-0.3, -0.25) is 4.72 Å². The van der Waals surface area contributed by atoms with Crippen LogP contribution in [0, 0.1) is 5.82 Å². The Bertz CT molecular complexity index is 1100. The van der Waals surface area contributed by atoms with Gasteiger partial charge in [0.2, 0.25) is 10.0 Å². The first-order valence-electron chi connectivity index (χ1n) is 8.71. The third kappa shape index (κ3) is 2.60. The van der Waals surface area contributed by atoms with Crippen molar-refractivity contribution >= 4 is 26.6 Å². The van der Waals surface area contributed by atoms with E-state index in [2.05, 4.69) is 16.6 Å². The number of hydrogen-bond donors (Lipinski definition) is 2. The first-order chi connectivity index (χ1) is 12.3. The molecule has 0 amide bonds. The summed E-state index contributed by atoms with van der Waals surface area (Å²) in [5, 5.41) is 0.998. The molecule has 136 valence electrons. The van der Waals surface area contributed by atoms with Crippen molar-refractivity contribution in [2.75, 3.05) is 11.0 Å². The summed E-state index contributed by atoms with van der Waals surface area (Å²) in [5.74, 6) is -0.200. The van der Waals surface area contributed by atoms with E-state index in [1.54, 1.807) is 12.1 Å². The van der Waals surface area contributed by atoms with E-state index >= 15 is 0 Å². The predicted octanol–water partition coefficient (Wildman–Crippen LogP) is 4.32. The molecule has 0 saturated heterocycles. The second kappa shape index (κ2) is 5.84. The fraction of sp³-hybridized carbons (Fsp3) is 0.300. The summed E-state index contributed by atoms with van der Waals surface area (Å²) in [6, 6.07) is 10.7. The zero-order valence-corrected chi connectivity index (χ0v) is 15.6. The molecule has 1 aromatic heterocycles. The third-order valence-corrected chi connectivity index (χ3v) is 6.12. The molecule has 1 atom stereocenters. The number of aromatic amines is 1. The molecule has 1 heterocycles. The number of hydrogen-bond acceptors (Lipinski definition) is 2. The minimum absolute atomic E-state index is 0.189. The molecule has 0 aliphatic heterocycles. The summed E-state index contributed by atoms with van der Waals surface area (Å²) >= 11 is 0. The molecule has 1 aliphatic carbocycles. The number of rotatable bonds is 4. The number of benzene rings is 2. The van der Waals surface area contributed by atoms with Crippen LogP contribution in [0.2, 0.25) is 0 Å². The molecule has 3 aromatic rings. The molecule has 4 nitrogen and oxygen atoms in total. The van der Waals surface area contributed by atoms with Gasteiger partial charge in [0.25, 0.3) is 0 Å². The smallest absolute Gasteiger partial charge is 0.229 e. The highest BCUT2D eigenvalue weighted by Gasteiger charge is 2.40. The lowest BCUT2D eigenvalue weighted by Crippen LogP contribution is -2.23. The SMILES string of the molecule is CCC1(c2c[nH]c3c(NS(C)(=O)=O)cccc23)CCc2cc(F)ccc21. The number of aryl methyl sites for hydroxylation is 1. The van der Waals surface area contributed by atoms with Gasteiger partial charge < -0.3 is 4.98 Å². The van der Waals surface area contributed by atoms with Crippen LogP contribution in [-0.4, -0.2) is 19.7 Å². The molecule has 26 heavy (non-hydrogen) atoms. The Labute approximate surface area is 152 Å². The van der Waals surface area contributed by atoms with Gasteiger partial charge in [0.15, 0.2) is 0 Å². The molecule has 0 radical (unpaired) electrons. The van der Waals surface area contributed by atoms with E-state index in [0.717, 1.165) is 47.5 Å². The summed E-state index contributed by atoms with van der Waals surface area (Å²) in [6.45, 7) is 2.15. The monoisotopic (exact) mass is 372 g/mol. The van der Waals surface area contributed by atoms with Crippen LogP contribution in [0.25, 0.3) is 10.9 Å². The van der Waals surface area contributed by atoms with Gasteiger partial charge in [0.1, 0.15) is 5.82 Å². The number of para-hydroxylation sites is 1. The number of nitrogens with one attached hydrogen (secondary N) is 2. The van der Waals surface area contributed by atoms with Gasteiger partial charge in [-0.1, -0.05) is 25.1 Å². The minimum Gasteiger partial charge on any atom is -0.359 e. The quantitative estimate of drug-likeness (QED) is 0.716. The lowest BCUT2D eigenvalue weighted by molar-refractivity contribution is 0.496. The van der Waals surface area contributed by atoms with Crippen LogP contribution in [0.3, 0.4) is 0 Å². The lowest BCUT2D eigenvalue weighted by atomic mass is 9.73. The topological polar surface area (TPSA) is 62.0 Å². The lowest BCUT2D eigenvalue weighted by Gasteiger charge is -2.29. The fourth-order valence-electron chi connectivity index (χ4n) is 4.39. The molecule has 6 heteroatoms. The number of aromatic nitrogens is 1. The van der Waals surface area contributed by atoms with Crippen molar-refractivity contribution in [3.05, 3.63) is 65.1 Å². The van der Waals surface area contributed by atoms with Crippen LogP contribution in [0.1, 0.15) is 36.5 Å². The highest BCUT2D eigenvalue weighted by atomic mass is 32.2. The highest BCUT2D eigenvalue weighted by molar-refractivity contribution is 7.92. The predicted molar refractivity (Wildman–Crippen MR) is 103 cm³/mol. The van der Waals surface area contributed by atoms with Crippen molar-refractivity contribution < 1.29 is 12.8 Å². The molecule has 2 aromatic carbocycles. The Balaban J connectivity index is 1.91. The van der Waals surface area contributed by atoms with E-state index in [4.69, 9.17) is 0 Å². The van der Waals surface area contributed by atoms with Crippen molar-refractivity contribution in [3.63, 3.8) is 0 Å². The molecular weight excluding hydrogens is 351 g/mol. The van der Waals surface area contributed by atoms with Crippen molar-refractivity contribution in [1.82, 2.24) is 4.98 Å². The van der Waals surface area contributed by atoms with Crippen LogP contribution >= 0.6 is 0 Å². The Morgan fingerprint density at radius 2 is 2.04 bits per heavy atom. The van der Waals surface area contributed by atoms with E-state index < -0.39 is 10.0 Å². The summed E-state index contributed by atoms with van der Waals surface area (Å²) < 4.78 is 39.6. The Kier molecular flexibility index (Phi) is 3.84. The molecule has 0 saturated carbocycles. The van der Waals surface area contributed by atoms with Gasteiger partial charge in [-0.25, -0.2) is 12.8 Å². The average molecular weight is 372 g/mol. The molecular formula is C20H21FN2O2S. The zero-order chi connectivity index (χ0) is 18.5. The van der Waals surface area contributed by atoms with E-state index in [0.29, 0.717) is 5.69 Å². The fourth-order valence-corrected chi connectivity index (χ4v) is 4.96. The maximum Gasteiger partial charge on any atom is 0.229 e. The van der Waals surface area contributed by atoms with Gasteiger partial charge in [-0.15, -0.1) is 0 Å². The Morgan fingerprint density at radius 3 is 2.77 bits per heavy atom. The minimum atomic E-state index is -3.36. The molecule has 1 aliphatic rings. The van der Waals surface area contributed by atoms with Crippen LogP contribution < -0.4 is 4.72 Å². The second-order valence-corrected chi connectivity index (χ2v) is 8.79. The largest absolute Gasteiger partial charge is 0.359 e. The van der Waals surface area contributed by atoms with E-state index in [1.165, 1.54) is 11.6 Å². The summed E-state index contributed by atoms with van der Waals surface area (Å²) in [5.41, 5.74) is 4.49. The van der Waals surface area contributed by atoms with Crippen molar-refractivity contribution in [2.24, 2.45) is 0 Å². The summed E-state index contributed by atoms with van der Waals surface area (Å²) in [7, 11) is -3.36. The number of fused-ring (bicyclic) bond motifs is 2. The molecule has 0 fully saturated rings. The maximum atomic E-state index is 13.7. The van der Waals surface area contributed by atoms with Gasteiger partial charge in [-0.2, -0.15) is 0 Å². The van der Waals surface area contributed by atoms with Gasteiger partial charge in [0, 0.05) is 17.0 Å². The van der Waals surface area contributed by atoms with Crippen molar-refractivity contribution in [1.29, 1.82) is 0 Å². The normalized spacial score (nSPS) is 19.7. The zero-order valence-electron chi connectivity index (χ0n) is 14.8. The van der Waals surface area contributed by atoms with E-state index in [1.807, 2.05) is 24.4 Å². The average Bonchev–Trinajstić information content (AvgIpc) is 3.16. The Hall–Kier alpha value is -2.34. The van der Waals surface area contributed by atoms with Crippen LogP contribution in [0.15, 0.2) is 42.6 Å². The first-order valence-corrected chi connectivity index (χ1v) is 10.6. The van der Waals surface area contributed by atoms with Crippen molar-refractivity contribution in [3.8, 4) is 0 Å². The molecule has 0 spiro atoms. The van der Waals surface area contributed by atoms with Gasteiger partial charge in [-0.05, 0) is 54.2 Å². The van der Waals surface area contributed by atoms with Gasteiger partial charge >= 0.3 is 0 Å². The van der Waals surface area contributed by atoms with E-state index in [-0.39, 0.29) is 11.2 Å². The molecule has 4 rings (SSSR count). The number of H-pyrrole nitrogens is 1. The molecule has 2 N–H and O–H groups in total. The highest BCUT2D eigenvalue weighted by Crippen LogP contribution is 2.49. The third-order valence-electron chi connectivity index (χ3n) is 5.53.